The van der Waals surface area contributed by atoms with Gasteiger partial charge < -0.3 is 19.9 Å². The Balaban J connectivity index is 0.00000320. The van der Waals surface area contributed by atoms with Crippen molar-refractivity contribution in [2.45, 2.75) is 64.1 Å². The first-order valence-electron chi connectivity index (χ1n) is 10.9. The molecule has 1 fully saturated rings. The summed E-state index contributed by atoms with van der Waals surface area (Å²) in [5.74, 6) is 1.80. The zero-order valence-electron chi connectivity index (χ0n) is 18.1. The van der Waals surface area contributed by atoms with Crippen LogP contribution in [0, 0.1) is 0 Å². The van der Waals surface area contributed by atoms with Crippen molar-refractivity contribution < 1.29 is 4.74 Å². The molecule has 1 aliphatic carbocycles. The molecule has 1 saturated carbocycles. The summed E-state index contributed by atoms with van der Waals surface area (Å²) < 4.78 is 8.24. The fraction of sp³-hybridized carbons (Fsp3) is 0.565. The minimum absolute atomic E-state index is 0. The molecule has 0 saturated heterocycles. The number of aliphatic imine (C=N–C) groups is 1. The van der Waals surface area contributed by atoms with E-state index >= 15 is 0 Å². The van der Waals surface area contributed by atoms with Gasteiger partial charge in [-0.15, -0.1) is 24.0 Å². The zero-order chi connectivity index (χ0) is 20.2. The summed E-state index contributed by atoms with van der Waals surface area (Å²) in [7, 11) is 1.80. The number of imidazole rings is 1. The van der Waals surface area contributed by atoms with Crippen LogP contribution in [0.3, 0.4) is 0 Å². The van der Waals surface area contributed by atoms with E-state index in [1.807, 2.05) is 12.4 Å². The molecule has 0 radical (unpaired) electrons. The summed E-state index contributed by atoms with van der Waals surface area (Å²) in [6, 6.07) is 10.5. The molecule has 0 bridgehead atoms. The van der Waals surface area contributed by atoms with Gasteiger partial charge in [-0.2, -0.15) is 0 Å². The van der Waals surface area contributed by atoms with Crippen LogP contribution in [-0.2, 0) is 24.2 Å². The molecule has 0 unspecified atom stereocenters. The van der Waals surface area contributed by atoms with Gasteiger partial charge in [-0.05, 0) is 24.8 Å². The average Bonchev–Trinajstić information content (AvgIpc) is 3.05. The molecule has 1 aliphatic rings. The molecule has 0 aliphatic heterocycles. The lowest BCUT2D eigenvalue weighted by Crippen LogP contribution is -2.39. The van der Waals surface area contributed by atoms with Crippen molar-refractivity contribution in [1.82, 2.24) is 20.2 Å². The molecule has 30 heavy (non-hydrogen) atoms. The van der Waals surface area contributed by atoms with Gasteiger partial charge in [0, 0.05) is 32.5 Å². The van der Waals surface area contributed by atoms with E-state index in [0.717, 1.165) is 37.9 Å². The highest BCUT2D eigenvalue weighted by Crippen LogP contribution is 2.19. The van der Waals surface area contributed by atoms with E-state index in [1.165, 1.54) is 44.1 Å². The Hall–Kier alpha value is -1.61. The second-order valence-electron chi connectivity index (χ2n) is 7.61. The second kappa shape index (κ2) is 14.4. The quantitative estimate of drug-likeness (QED) is 0.170. The molecule has 2 aromatic rings. The van der Waals surface area contributed by atoms with Crippen LogP contribution in [0.25, 0.3) is 0 Å². The van der Waals surface area contributed by atoms with Crippen molar-refractivity contribution in [2.24, 2.45) is 4.99 Å². The number of hydrogen-bond acceptors (Lipinski definition) is 3. The van der Waals surface area contributed by atoms with Crippen molar-refractivity contribution in [3.05, 3.63) is 54.1 Å². The molecule has 0 atom stereocenters. The van der Waals surface area contributed by atoms with Crippen LogP contribution >= 0.6 is 24.0 Å². The van der Waals surface area contributed by atoms with Crippen LogP contribution in [0.1, 0.15) is 49.9 Å². The molecular weight excluding hydrogens is 489 g/mol. The fourth-order valence-electron chi connectivity index (χ4n) is 3.79. The van der Waals surface area contributed by atoms with E-state index in [-0.39, 0.29) is 24.0 Å². The van der Waals surface area contributed by atoms with E-state index in [0.29, 0.717) is 12.6 Å². The first-order valence-corrected chi connectivity index (χ1v) is 10.9. The van der Waals surface area contributed by atoms with Crippen molar-refractivity contribution in [3.63, 3.8) is 0 Å². The summed E-state index contributed by atoms with van der Waals surface area (Å²) >= 11 is 0. The number of rotatable bonds is 9. The predicted molar refractivity (Wildman–Crippen MR) is 133 cm³/mol. The van der Waals surface area contributed by atoms with Gasteiger partial charge in [-0.25, -0.2) is 4.98 Å². The van der Waals surface area contributed by atoms with Gasteiger partial charge in [-0.1, -0.05) is 56.0 Å². The highest BCUT2D eigenvalue weighted by molar-refractivity contribution is 14.0. The Labute approximate surface area is 197 Å². The maximum Gasteiger partial charge on any atom is 0.191 e. The summed E-state index contributed by atoms with van der Waals surface area (Å²) in [4.78, 5) is 8.81. The lowest BCUT2D eigenvalue weighted by molar-refractivity contribution is 0.0468. The normalized spacial score (nSPS) is 15.3. The molecule has 166 valence electrons. The van der Waals surface area contributed by atoms with Crippen LogP contribution < -0.4 is 10.6 Å². The van der Waals surface area contributed by atoms with Crippen molar-refractivity contribution in [3.8, 4) is 0 Å². The number of halogens is 1. The maximum atomic E-state index is 6.04. The average molecular weight is 525 g/mol. The first-order chi connectivity index (χ1) is 14.3. The third kappa shape index (κ3) is 8.63. The van der Waals surface area contributed by atoms with Gasteiger partial charge in [0.2, 0.25) is 0 Å². The predicted octanol–water partition coefficient (Wildman–Crippen LogP) is 4.15. The standard InChI is InChI=1S/C23H35N5O.HI/c1-24-23(26-15-18-29-21-11-7-2-3-8-12-21)27-19-22-25-14-17-28(22)16-13-20-9-5-4-6-10-20;/h4-6,9-10,14,17,21H,2-3,7-8,11-13,15-16,18-19H2,1H3,(H2,24,26,27);1H. The van der Waals surface area contributed by atoms with Gasteiger partial charge in [-0.3, -0.25) is 4.99 Å². The maximum absolute atomic E-state index is 6.04. The number of nitrogens with zero attached hydrogens (tertiary/aromatic N) is 3. The Morgan fingerprint density at radius 3 is 2.63 bits per heavy atom. The van der Waals surface area contributed by atoms with Gasteiger partial charge in [0.25, 0.3) is 0 Å². The first kappa shape index (κ1) is 24.7. The third-order valence-electron chi connectivity index (χ3n) is 5.47. The van der Waals surface area contributed by atoms with Crippen LogP contribution in [0.15, 0.2) is 47.7 Å². The van der Waals surface area contributed by atoms with Crippen LogP contribution in [0.2, 0.25) is 0 Å². The summed E-state index contributed by atoms with van der Waals surface area (Å²) in [5.41, 5.74) is 1.34. The lowest BCUT2D eigenvalue weighted by Gasteiger charge is -2.17. The zero-order valence-corrected chi connectivity index (χ0v) is 20.4. The van der Waals surface area contributed by atoms with Crippen molar-refractivity contribution >= 4 is 29.9 Å². The second-order valence-corrected chi connectivity index (χ2v) is 7.61. The molecule has 0 amide bonds. The largest absolute Gasteiger partial charge is 0.376 e. The van der Waals surface area contributed by atoms with Crippen LogP contribution in [0.5, 0.6) is 0 Å². The lowest BCUT2D eigenvalue weighted by atomic mass is 10.1. The minimum Gasteiger partial charge on any atom is -0.376 e. The Bertz CT molecular complexity index is 726. The van der Waals surface area contributed by atoms with E-state index in [4.69, 9.17) is 4.74 Å². The summed E-state index contributed by atoms with van der Waals surface area (Å²) in [6.07, 6.45) is 13.1. The number of ether oxygens (including phenoxy) is 1. The number of aryl methyl sites for hydroxylation is 2. The molecule has 0 spiro atoms. The molecule has 1 heterocycles. The van der Waals surface area contributed by atoms with E-state index in [9.17, 15) is 0 Å². The Morgan fingerprint density at radius 1 is 1.13 bits per heavy atom. The van der Waals surface area contributed by atoms with Gasteiger partial charge in [0.05, 0.1) is 19.3 Å². The SMILES string of the molecule is CN=C(NCCOC1CCCCCC1)NCc1nccn1CCc1ccccc1.I. The van der Waals surface area contributed by atoms with Crippen molar-refractivity contribution in [2.75, 3.05) is 20.2 Å². The number of benzene rings is 1. The van der Waals surface area contributed by atoms with Gasteiger partial charge in [0.15, 0.2) is 5.96 Å². The summed E-state index contributed by atoms with van der Waals surface area (Å²) in [5, 5.41) is 6.70. The molecule has 2 N–H and O–H groups in total. The molecule has 6 nitrogen and oxygen atoms in total. The highest BCUT2D eigenvalue weighted by Gasteiger charge is 2.12. The van der Waals surface area contributed by atoms with Gasteiger partial charge >= 0.3 is 0 Å². The van der Waals surface area contributed by atoms with Gasteiger partial charge in [0.1, 0.15) is 5.82 Å². The Morgan fingerprint density at radius 2 is 1.90 bits per heavy atom. The molecule has 7 heteroatoms. The third-order valence-corrected chi connectivity index (χ3v) is 5.47. The highest BCUT2D eigenvalue weighted by atomic mass is 127. The van der Waals surface area contributed by atoms with E-state index < -0.39 is 0 Å². The molecule has 1 aromatic carbocycles. The minimum atomic E-state index is 0. The number of hydrogen-bond donors (Lipinski definition) is 2. The van der Waals surface area contributed by atoms with Crippen molar-refractivity contribution in [1.29, 1.82) is 0 Å². The number of guanidine groups is 1. The summed E-state index contributed by atoms with van der Waals surface area (Å²) in [6.45, 7) is 3.04. The molecule has 3 rings (SSSR count). The van der Waals surface area contributed by atoms with E-state index in [1.54, 1.807) is 7.05 Å². The number of aromatic nitrogens is 2. The number of nitrogens with one attached hydrogen (secondary N) is 2. The molecule has 1 aromatic heterocycles. The monoisotopic (exact) mass is 525 g/mol. The van der Waals surface area contributed by atoms with Crippen LogP contribution in [-0.4, -0.2) is 41.8 Å². The molecular formula is C23H36IN5O. The van der Waals surface area contributed by atoms with Crippen LogP contribution in [0.4, 0.5) is 0 Å². The fourth-order valence-corrected chi connectivity index (χ4v) is 3.79. The van der Waals surface area contributed by atoms with E-state index in [2.05, 4.69) is 55.5 Å². The Kier molecular flexibility index (Phi) is 11.8. The smallest absolute Gasteiger partial charge is 0.191 e. The topological polar surface area (TPSA) is 63.5 Å².